The number of nitrogens with zero attached hydrogens (tertiary/aromatic N) is 2. The van der Waals surface area contributed by atoms with Crippen LogP contribution in [0.15, 0.2) is 47.5 Å². The molecule has 0 saturated carbocycles. The molecule has 0 spiro atoms. The normalized spacial score (nSPS) is 18.0. The first-order chi connectivity index (χ1) is 14.6. The van der Waals surface area contributed by atoms with Crippen LogP contribution in [0.1, 0.15) is 18.9 Å². The van der Waals surface area contributed by atoms with E-state index in [4.69, 9.17) is 11.6 Å². The van der Waals surface area contributed by atoms with Crippen LogP contribution in [0.4, 0.5) is 28.9 Å². The molecule has 1 N–H and O–H groups in total. The van der Waals surface area contributed by atoms with Gasteiger partial charge in [0.25, 0.3) is 0 Å². The fourth-order valence-corrected chi connectivity index (χ4v) is 4.21. The standard InChI is InChI=1S/C20H16ClF4N3O2S/c1-2-28-18(30)16(31-19(28)27-14-6-4-3-5-13(14)22)10-17(29)26-15-9-11(20(23,24)25)7-8-12(15)21/h3-9,16H,2,10H2,1H3,(H,26,29). The van der Waals surface area contributed by atoms with E-state index in [9.17, 15) is 27.2 Å². The van der Waals surface area contributed by atoms with Crippen LogP contribution in [0.3, 0.4) is 0 Å². The Labute approximate surface area is 184 Å². The maximum atomic E-state index is 13.9. The van der Waals surface area contributed by atoms with Gasteiger partial charge in [0.2, 0.25) is 11.8 Å². The number of carbonyl (C=O) groups excluding carboxylic acids is 2. The quantitative estimate of drug-likeness (QED) is 0.585. The summed E-state index contributed by atoms with van der Waals surface area (Å²) in [5.41, 5.74) is -1.11. The summed E-state index contributed by atoms with van der Waals surface area (Å²) in [6.07, 6.45) is -4.91. The van der Waals surface area contributed by atoms with Gasteiger partial charge in [-0.3, -0.25) is 14.5 Å². The Morgan fingerprint density at radius 2 is 1.97 bits per heavy atom. The average Bonchev–Trinajstić information content (AvgIpc) is 2.98. The maximum absolute atomic E-state index is 13.9. The molecule has 5 nitrogen and oxygen atoms in total. The molecule has 0 bridgehead atoms. The van der Waals surface area contributed by atoms with Crippen molar-refractivity contribution in [1.29, 1.82) is 0 Å². The number of rotatable bonds is 5. The van der Waals surface area contributed by atoms with Crippen LogP contribution in [-0.2, 0) is 15.8 Å². The van der Waals surface area contributed by atoms with Crippen molar-refractivity contribution in [3.63, 3.8) is 0 Å². The summed E-state index contributed by atoms with van der Waals surface area (Å²) in [5.74, 6) is -1.64. The number of aliphatic imine (C=N–C) groups is 1. The molecule has 2 aromatic rings. The monoisotopic (exact) mass is 473 g/mol. The molecule has 1 atom stereocenters. The number of hydrogen-bond acceptors (Lipinski definition) is 4. The number of halogens is 5. The van der Waals surface area contributed by atoms with Gasteiger partial charge >= 0.3 is 6.18 Å². The van der Waals surface area contributed by atoms with Gasteiger partial charge in [0.1, 0.15) is 16.8 Å². The lowest BCUT2D eigenvalue weighted by Gasteiger charge is -2.14. The first-order valence-electron chi connectivity index (χ1n) is 9.08. The van der Waals surface area contributed by atoms with Crippen LogP contribution in [0.5, 0.6) is 0 Å². The number of carbonyl (C=O) groups is 2. The smallest absolute Gasteiger partial charge is 0.325 e. The largest absolute Gasteiger partial charge is 0.416 e. The van der Waals surface area contributed by atoms with Gasteiger partial charge in [-0.1, -0.05) is 35.5 Å². The minimum atomic E-state index is -4.60. The molecule has 1 aliphatic rings. The van der Waals surface area contributed by atoms with Crippen molar-refractivity contribution in [1.82, 2.24) is 4.90 Å². The van der Waals surface area contributed by atoms with Crippen molar-refractivity contribution in [2.75, 3.05) is 11.9 Å². The first-order valence-corrected chi connectivity index (χ1v) is 10.3. The van der Waals surface area contributed by atoms with E-state index in [0.29, 0.717) is 0 Å². The molecule has 0 aromatic heterocycles. The Morgan fingerprint density at radius 3 is 2.61 bits per heavy atom. The lowest BCUT2D eigenvalue weighted by Crippen LogP contribution is -2.33. The van der Waals surface area contributed by atoms with Gasteiger partial charge in [0.05, 0.1) is 16.3 Å². The number of alkyl halides is 3. The van der Waals surface area contributed by atoms with E-state index in [1.54, 1.807) is 13.0 Å². The molecule has 31 heavy (non-hydrogen) atoms. The zero-order chi connectivity index (χ0) is 22.8. The van der Waals surface area contributed by atoms with Crippen molar-refractivity contribution in [3.8, 4) is 0 Å². The highest BCUT2D eigenvalue weighted by Gasteiger charge is 2.38. The number of anilines is 1. The molecule has 1 fully saturated rings. The summed E-state index contributed by atoms with van der Waals surface area (Å²) in [6, 6.07) is 8.37. The van der Waals surface area contributed by atoms with Gasteiger partial charge in [0.15, 0.2) is 5.17 Å². The number of amidine groups is 1. The van der Waals surface area contributed by atoms with Gasteiger partial charge < -0.3 is 5.32 Å². The van der Waals surface area contributed by atoms with Gasteiger partial charge in [0, 0.05) is 13.0 Å². The number of para-hydroxylation sites is 1. The second kappa shape index (κ2) is 9.27. The summed E-state index contributed by atoms with van der Waals surface area (Å²) >= 11 is 6.88. The lowest BCUT2D eigenvalue weighted by molar-refractivity contribution is -0.137. The predicted octanol–water partition coefficient (Wildman–Crippen LogP) is 5.48. The third-order valence-corrected chi connectivity index (χ3v) is 5.85. The van der Waals surface area contributed by atoms with E-state index >= 15 is 0 Å². The Balaban J connectivity index is 1.75. The van der Waals surface area contributed by atoms with Crippen molar-refractivity contribution in [2.45, 2.75) is 24.8 Å². The first kappa shape index (κ1) is 23.1. The molecule has 2 amide bonds. The van der Waals surface area contributed by atoms with Gasteiger partial charge in [-0.25, -0.2) is 9.38 Å². The SMILES string of the molecule is CCN1C(=O)C(CC(=O)Nc2cc(C(F)(F)F)ccc2Cl)SC1=Nc1ccccc1F. The molecular formula is C20H16ClF4N3O2S. The second-order valence-corrected chi connectivity index (χ2v) is 8.06. The third kappa shape index (κ3) is 5.37. The van der Waals surface area contributed by atoms with E-state index in [-0.39, 0.29) is 34.5 Å². The minimum Gasteiger partial charge on any atom is -0.325 e. The highest BCUT2D eigenvalue weighted by atomic mass is 35.5. The van der Waals surface area contributed by atoms with Crippen molar-refractivity contribution in [2.24, 2.45) is 4.99 Å². The average molecular weight is 474 g/mol. The van der Waals surface area contributed by atoms with E-state index in [2.05, 4.69) is 10.3 Å². The van der Waals surface area contributed by atoms with Crippen LogP contribution >= 0.6 is 23.4 Å². The molecule has 3 rings (SSSR count). The number of benzene rings is 2. The van der Waals surface area contributed by atoms with Crippen LogP contribution in [-0.4, -0.2) is 33.7 Å². The van der Waals surface area contributed by atoms with Gasteiger partial charge in [-0.2, -0.15) is 13.2 Å². The molecule has 164 valence electrons. The minimum absolute atomic E-state index is 0.0529. The third-order valence-electron chi connectivity index (χ3n) is 4.34. The summed E-state index contributed by atoms with van der Waals surface area (Å²) in [4.78, 5) is 30.6. The van der Waals surface area contributed by atoms with Gasteiger partial charge in [-0.05, 0) is 37.3 Å². The fraction of sp³-hybridized carbons (Fsp3) is 0.250. The molecule has 2 aromatic carbocycles. The van der Waals surface area contributed by atoms with Crippen LogP contribution < -0.4 is 5.32 Å². The highest BCUT2D eigenvalue weighted by Crippen LogP contribution is 2.35. The van der Waals surface area contributed by atoms with Crippen LogP contribution in [0.25, 0.3) is 0 Å². The molecule has 1 aliphatic heterocycles. The summed E-state index contributed by atoms with van der Waals surface area (Å²) < 4.78 is 52.6. The van der Waals surface area contributed by atoms with Crippen LogP contribution in [0.2, 0.25) is 5.02 Å². The summed E-state index contributed by atoms with van der Waals surface area (Å²) in [6.45, 7) is 1.97. The summed E-state index contributed by atoms with van der Waals surface area (Å²) in [5, 5.41) is 1.65. The number of thioether (sulfide) groups is 1. The lowest BCUT2D eigenvalue weighted by atomic mass is 10.2. The molecular weight excluding hydrogens is 458 g/mol. The van der Waals surface area contributed by atoms with Crippen molar-refractivity contribution >= 4 is 51.7 Å². The molecule has 1 heterocycles. The zero-order valence-corrected chi connectivity index (χ0v) is 17.6. The molecule has 1 saturated heterocycles. The number of hydrogen-bond donors (Lipinski definition) is 1. The van der Waals surface area contributed by atoms with E-state index in [0.717, 1.165) is 30.0 Å². The molecule has 11 heteroatoms. The van der Waals surface area contributed by atoms with E-state index in [1.807, 2.05) is 0 Å². The van der Waals surface area contributed by atoms with Crippen LogP contribution in [0, 0.1) is 5.82 Å². The Morgan fingerprint density at radius 1 is 1.26 bits per heavy atom. The molecule has 0 aliphatic carbocycles. The topological polar surface area (TPSA) is 61.8 Å². The maximum Gasteiger partial charge on any atom is 0.416 e. The zero-order valence-electron chi connectivity index (χ0n) is 16.0. The van der Waals surface area contributed by atoms with Crippen molar-refractivity contribution in [3.05, 3.63) is 58.9 Å². The second-order valence-electron chi connectivity index (χ2n) is 6.48. The summed E-state index contributed by atoms with van der Waals surface area (Å²) in [7, 11) is 0. The highest BCUT2D eigenvalue weighted by molar-refractivity contribution is 8.15. The number of amides is 2. The van der Waals surface area contributed by atoms with Gasteiger partial charge in [-0.15, -0.1) is 0 Å². The predicted molar refractivity (Wildman–Crippen MR) is 112 cm³/mol. The molecule has 0 radical (unpaired) electrons. The van der Waals surface area contributed by atoms with E-state index in [1.165, 1.54) is 23.1 Å². The Bertz CT molecular complexity index is 1050. The Hall–Kier alpha value is -2.59. The molecule has 1 unspecified atom stereocenters. The van der Waals surface area contributed by atoms with E-state index < -0.39 is 34.6 Å². The Kier molecular flexibility index (Phi) is 6.90. The number of nitrogens with one attached hydrogen (secondary N) is 1. The fourth-order valence-electron chi connectivity index (χ4n) is 2.83. The van der Waals surface area contributed by atoms with Crippen molar-refractivity contribution < 1.29 is 27.2 Å².